The van der Waals surface area contributed by atoms with Gasteiger partial charge in [-0.25, -0.2) is 0 Å². The summed E-state index contributed by atoms with van der Waals surface area (Å²) in [6, 6.07) is 16.6. The Morgan fingerprint density at radius 3 is 2.45 bits per heavy atom. The molecule has 0 bridgehead atoms. The molecular formula is C23H27N3O3. The van der Waals surface area contributed by atoms with Gasteiger partial charge in [0.05, 0.1) is 7.11 Å². The van der Waals surface area contributed by atoms with Gasteiger partial charge in [0.2, 0.25) is 5.91 Å². The summed E-state index contributed by atoms with van der Waals surface area (Å²) in [5.74, 6) is 0.296. The average molecular weight is 393 g/mol. The van der Waals surface area contributed by atoms with Gasteiger partial charge in [-0.05, 0) is 42.2 Å². The summed E-state index contributed by atoms with van der Waals surface area (Å²) in [5.41, 5.74) is 2.44. The lowest BCUT2D eigenvalue weighted by atomic mass is 10.0. The molecule has 2 aromatic carbocycles. The van der Waals surface area contributed by atoms with E-state index in [-0.39, 0.29) is 17.7 Å². The molecule has 2 amide bonds. The van der Waals surface area contributed by atoms with E-state index in [0.29, 0.717) is 18.7 Å². The fourth-order valence-corrected chi connectivity index (χ4v) is 3.18. The molecule has 0 unspecified atom stereocenters. The van der Waals surface area contributed by atoms with E-state index in [1.54, 1.807) is 13.2 Å². The van der Waals surface area contributed by atoms with Crippen molar-refractivity contribution in [2.45, 2.75) is 26.3 Å². The van der Waals surface area contributed by atoms with E-state index in [1.807, 2.05) is 62.4 Å². The zero-order valence-electron chi connectivity index (χ0n) is 17.0. The van der Waals surface area contributed by atoms with Crippen LogP contribution in [0.5, 0.6) is 5.75 Å². The predicted octanol–water partition coefficient (Wildman–Crippen LogP) is 3.29. The van der Waals surface area contributed by atoms with Crippen LogP contribution < -0.4 is 15.4 Å². The molecular weight excluding hydrogens is 366 g/mol. The van der Waals surface area contributed by atoms with Crippen LogP contribution in [0.15, 0.2) is 54.6 Å². The second kappa shape index (κ2) is 9.28. The second-order valence-corrected chi connectivity index (χ2v) is 7.35. The Bertz CT molecular complexity index is 943. The monoisotopic (exact) mass is 393 g/mol. The molecule has 3 rings (SSSR count). The largest absolute Gasteiger partial charge is 0.497 e. The molecule has 29 heavy (non-hydrogen) atoms. The van der Waals surface area contributed by atoms with Gasteiger partial charge in [-0.15, -0.1) is 0 Å². The first-order chi connectivity index (χ1) is 14.0. The number of fused-ring (bicyclic) bond motifs is 1. The van der Waals surface area contributed by atoms with Gasteiger partial charge < -0.3 is 20.4 Å². The van der Waals surface area contributed by atoms with Crippen molar-refractivity contribution in [2.24, 2.45) is 5.92 Å². The third kappa shape index (κ3) is 5.16. The van der Waals surface area contributed by atoms with E-state index in [1.165, 1.54) is 0 Å². The van der Waals surface area contributed by atoms with Gasteiger partial charge in [0.1, 0.15) is 17.5 Å². The SMILES string of the molecule is COc1ccc(CCNC(=O)[C@H](NC(=O)c2cc3ccccc3[nH]2)C(C)C)cc1. The van der Waals surface area contributed by atoms with Crippen LogP contribution in [0.1, 0.15) is 29.9 Å². The van der Waals surface area contributed by atoms with Crippen LogP contribution in [-0.2, 0) is 11.2 Å². The minimum atomic E-state index is -0.607. The number of carbonyl (C=O) groups excluding carboxylic acids is 2. The Kier molecular flexibility index (Phi) is 6.54. The van der Waals surface area contributed by atoms with Crippen LogP contribution in [-0.4, -0.2) is 36.5 Å². The molecule has 1 aromatic heterocycles. The van der Waals surface area contributed by atoms with Crippen molar-refractivity contribution in [2.75, 3.05) is 13.7 Å². The van der Waals surface area contributed by atoms with Gasteiger partial charge >= 0.3 is 0 Å². The molecule has 3 aromatic rings. The highest BCUT2D eigenvalue weighted by Gasteiger charge is 2.25. The number of benzene rings is 2. The third-order valence-electron chi connectivity index (χ3n) is 4.88. The van der Waals surface area contributed by atoms with Gasteiger partial charge in [0.25, 0.3) is 5.91 Å². The minimum Gasteiger partial charge on any atom is -0.497 e. The molecule has 1 atom stereocenters. The Balaban J connectivity index is 1.57. The summed E-state index contributed by atoms with van der Waals surface area (Å²) in [6.07, 6.45) is 0.705. The van der Waals surface area contributed by atoms with Crippen molar-refractivity contribution in [3.05, 3.63) is 65.9 Å². The normalized spacial score (nSPS) is 12.0. The molecule has 0 saturated heterocycles. The molecule has 0 fully saturated rings. The average Bonchev–Trinajstić information content (AvgIpc) is 3.16. The first-order valence-electron chi connectivity index (χ1n) is 9.77. The lowest BCUT2D eigenvalue weighted by Gasteiger charge is -2.21. The summed E-state index contributed by atoms with van der Waals surface area (Å²) in [5, 5.41) is 6.75. The number of nitrogens with one attached hydrogen (secondary N) is 3. The van der Waals surface area contributed by atoms with Crippen LogP contribution in [0.2, 0.25) is 0 Å². The fraction of sp³-hybridized carbons (Fsp3) is 0.304. The zero-order valence-corrected chi connectivity index (χ0v) is 17.0. The molecule has 0 radical (unpaired) electrons. The molecule has 0 saturated carbocycles. The van der Waals surface area contributed by atoms with E-state index in [9.17, 15) is 9.59 Å². The van der Waals surface area contributed by atoms with Gasteiger partial charge in [0.15, 0.2) is 0 Å². The number of rotatable bonds is 8. The number of hydrogen-bond donors (Lipinski definition) is 3. The molecule has 0 aliphatic heterocycles. The van der Waals surface area contributed by atoms with E-state index >= 15 is 0 Å². The zero-order chi connectivity index (χ0) is 20.8. The smallest absolute Gasteiger partial charge is 0.268 e. The molecule has 3 N–H and O–H groups in total. The molecule has 6 heteroatoms. The Morgan fingerprint density at radius 2 is 1.79 bits per heavy atom. The van der Waals surface area contributed by atoms with Gasteiger partial charge in [-0.1, -0.05) is 44.2 Å². The van der Waals surface area contributed by atoms with E-state index in [2.05, 4.69) is 15.6 Å². The maximum absolute atomic E-state index is 12.7. The molecule has 1 heterocycles. The summed E-state index contributed by atoms with van der Waals surface area (Å²) in [7, 11) is 1.63. The number of aromatic amines is 1. The number of ether oxygens (including phenoxy) is 1. The first kappa shape index (κ1) is 20.5. The van der Waals surface area contributed by atoms with Crippen molar-refractivity contribution < 1.29 is 14.3 Å². The summed E-state index contributed by atoms with van der Waals surface area (Å²) < 4.78 is 5.15. The van der Waals surface area contributed by atoms with Crippen molar-refractivity contribution in [3.8, 4) is 5.75 Å². The number of aromatic nitrogens is 1. The lowest BCUT2D eigenvalue weighted by molar-refractivity contribution is -0.123. The van der Waals surface area contributed by atoms with Crippen LogP contribution >= 0.6 is 0 Å². The number of amides is 2. The van der Waals surface area contributed by atoms with Gasteiger partial charge in [-0.3, -0.25) is 9.59 Å². The maximum atomic E-state index is 12.7. The summed E-state index contributed by atoms with van der Waals surface area (Å²) in [4.78, 5) is 28.4. The van der Waals surface area contributed by atoms with Gasteiger partial charge in [0, 0.05) is 17.4 Å². The lowest BCUT2D eigenvalue weighted by Crippen LogP contribution is -2.50. The van der Waals surface area contributed by atoms with Crippen molar-refractivity contribution in [3.63, 3.8) is 0 Å². The van der Waals surface area contributed by atoms with Crippen molar-refractivity contribution in [1.82, 2.24) is 15.6 Å². The highest BCUT2D eigenvalue weighted by atomic mass is 16.5. The Labute approximate surface area is 170 Å². The quantitative estimate of drug-likeness (QED) is 0.549. The van der Waals surface area contributed by atoms with Crippen molar-refractivity contribution >= 4 is 22.7 Å². The fourth-order valence-electron chi connectivity index (χ4n) is 3.18. The minimum absolute atomic E-state index is 0.0377. The van der Waals surface area contributed by atoms with Crippen LogP contribution in [0.25, 0.3) is 10.9 Å². The molecule has 152 valence electrons. The Hall–Kier alpha value is -3.28. The van der Waals surface area contributed by atoms with Gasteiger partial charge in [-0.2, -0.15) is 0 Å². The van der Waals surface area contributed by atoms with Crippen LogP contribution in [0.3, 0.4) is 0 Å². The molecule has 6 nitrogen and oxygen atoms in total. The Morgan fingerprint density at radius 1 is 1.07 bits per heavy atom. The number of H-pyrrole nitrogens is 1. The number of hydrogen-bond acceptors (Lipinski definition) is 3. The summed E-state index contributed by atoms with van der Waals surface area (Å²) >= 11 is 0. The number of methoxy groups -OCH3 is 1. The van der Waals surface area contributed by atoms with Crippen LogP contribution in [0.4, 0.5) is 0 Å². The highest BCUT2D eigenvalue weighted by molar-refractivity contribution is 6.00. The molecule has 0 spiro atoms. The third-order valence-corrected chi connectivity index (χ3v) is 4.88. The first-order valence-corrected chi connectivity index (χ1v) is 9.77. The standard InChI is InChI=1S/C23H27N3O3/c1-15(2)21(23(28)24-13-12-16-8-10-18(29-3)11-9-16)26-22(27)20-14-17-6-4-5-7-19(17)25-20/h4-11,14-15,21,25H,12-13H2,1-3H3,(H,24,28)(H,26,27)/t21-/m1/s1. The summed E-state index contributed by atoms with van der Waals surface area (Å²) in [6.45, 7) is 4.33. The van der Waals surface area contributed by atoms with E-state index < -0.39 is 6.04 Å². The van der Waals surface area contributed by atoms with E-state index in [0.717, 1.165) is 22.2 Å². The van der Waals surface area contributed by atoms with Crippen LogP contribution in [0, 0.1) is 5.92 Å². The molecule has 0 aliphatic rings. The van der Waals surface area contributed by atoms with E-state index in [4.69, 9.17) is 4.74 Å². The highest BCUT2D eigenvalue weighted by Crippen LogP contribution is 2.15. The number of para-hydroxylation sites is 1. The second-order valence-electron chi connectivity index (χ2n) is 7.35. The molecule has 0 aliphatic carbocycles. The number of carbonyl (C=O) groups is 2. The van der Waals surface area contributed by atoms with Crippen molar-refractivity contribution in [1.29, 1.82) is 0 Å². The predicted molar refractivity (Wildman–Crippen MR) is 114 cm³/mol. The maximum Gasteiger partial charge on any atom is 0.268 e. The topological polar surface area (TPSA) is 83.2 Å².